The molecule has 1 aromatic rings. The Labute approximate surface area is 85.2 Å². The van der Waals surface area contributed by atoms with E-state index in [1.165, 1.54) is 5.56 Å². The Morgan fingerprint density at radius 3 is 2.64 bits per heavy atom. The minimum Gasteiger partial charge on any atom is -0.309 e. The van der Waals surface area contributed by atoms with Crippen LogP contribution in [0.3, 0.4) is 0 Å². The lowest BCUT2D eigenvalue weighted by molar-refractivity contribution is 0.922. The standard InChI is InChI=1S/C13H13N/c1-3-4-10-13(14-2)11-12-8-6-5-7-9-12/h3-10,13H,1,11H2/b10-4+. The molecule has 0 spiro atoms. The van der Waals surface area contributed by atoms with E-state index in [1.807, 2.05) is 42.5 Å². The largest absolute Gasteiger partial charge is 0.309 e. The fraction of sp³-hybridized carbons (Fsp3) is 0.154. The third kappa shape index (κ3) is 3.28. The van der Waals surface area contributed by atoms with Gasteiger partial charge in [0, 0.05) is 0 Å². The predicted molar refractivity (Wildman–Crippen MR) is 59.9 cm³/mol. The van der Waals surface area contributed by atoms with Crippen molar-refractivity contribution in [2.75, 3.05) is 0 Å². The molecule has 0 saturated heterocycles. The first-order valence-corrected chi connectivity index (χ1v) is 4.56. The van der Waals surface area contributed by atoms with Crippen molar-refractivity contribution in [1.82, 2.24) is 0 Å². The van der Waals surface area contributed by atoms with Crippen molar-refractivity contribution in [3.63, 3.8) is 0 Å². The van der Waals surface area contributed by atoms with Gasteiger partial charge in [-0.05, 0) is 11.6 Å². The molecule has 1 aromatic carbocycles. The summed E-state index contributed by atoms with van der Waals surface area (Å²) in [5.74, 6) is 0. The highest BCUT2D eigenvalue weighted by atomic mass is 14.7. The molecule has 0 heterocycles. The maximum Gasteiger partial charge on any atom is 0.246 e. The molecule has 0 aliphatic rings. The second-order valence-electron chi connectivity index (χ2n) is 3.01. The average molecular weight is 183 g/mol. The first-order valence-electron chi connectivity index (χ1n) is 4.56. The smallest absolute Gasteiger partial charge is 0.246 e. The van der Waals surface area contributed by atoms with Gasteiger partial charge in [-0.15, -0.1) is 0 Å². The molecule has 0 radical (unpaired) electrons. The van der Waals surface area contributed by atoms with Gasteiger partial charge in [0.1, 0.15) is 0 Å². The molecule has 0 N–H and O–H groups in total. The van der Waals surface area contributed by atoms with Crippen molar-refractivity contribution < 1.29 is 0 Å². The van der Waals surface area contributed by atoms with Gasteiger partial charge in [-0.2, -0.15) is 0 Å². The Morgan fingerprint density at radius 1 is 1.36 bits per heavy atom. The molecule has 1 heteroatoms. The van der Waals surface area contributed by atoms with Crippen LogP contribution in [0.2, 0.25) is 0 Å². The summed E-state index contributed by atoms with van der Waals surface area (Å²) in [4.78, 5) is 3.54. The first-order chi connectivity index (χ1) is 6.86. The van der Waals surface area contributed by atoms with Gasteiger partial charge in [0.2, 0.25) is 6.04 Å². The van der Waals surface area contributed by atoms with Crippen molar-refractivity contribution in [1.29, 1.82) is 0 Å². The van der Waals surface area contributed by atoms with Crippen molar-refractivity contribution in [2.24, 2.45) is 0 Å². The molecule has 0 aliphatic carbocycles. The van der Waals surface area contributed by atoms with E-state index in [-0.39, 0.29) is 6.04 Å². The van der Waals surface area contributed by atoms with Gasteiger partial charge in [-0.3, -0.25) is 0 Å². The number of allylic oxidation sites excluding steroid dienone is 2. The topological polar surface area (TPSA) is 4.36 Å². The predicted octanol–water partition coefficient (Wildman–Crippen LogP) is 3.26. The Bertz CT molecular complexity index is 343. The number of hydrogen-bond acceptors (Lipinski definition) is 0. The Kier molecular flexibility index (Phi) is 4.23. The third-order valence-electron chi connectivity index (χ3n) is 1.92. The summed E-state index contributed by atoms with van der Waals surface area (Å²) in [6.45, 7) is 10.6. The molecule has 0 amide bonds. The van der Waals surface area contributed by atoms with Gasteiger partial charge in [-0.25, -0.2) is 6.57 Å². The molecule has 0 bridgehead atoms. The molecule has 1 atom stereocenters. The monoisotopic (exact) mass is 183 g/mol. The maximum atomic E-state index is 7.03. The lowest BCUT2D eigenvalue weighted by atomic mass is 10.1. The number of nitrogens with zero attached hydrogens (tertiary/aromatic N) is 1. The summed E-state index contributed by atoms with van der Waals surface area (Å²) in [5.41, 5.74) is 1.20. The van der Waals surface area contributed by atoms with Crippen LogP contribution in [0, 0.1) is 6.57 Å². The van der Waals surface area contributed by atoms with Crippen LogP contribution >= 0.6 is 0 Å². The third-order valence-corrected chi connectivity index (χ3v) is 1.92. The van der Waals surface area contributed by atoms with Crippen molar-refractivity contribution in [3.05, 3.63) is 72.1 Å². The lowest BCUT2D eigenvalue weighted by Crippen LogP contribution is -2.01. The summed E-state index contributed by atoms with van der Waals surface area (Å²) < 4.78 is 0. The van der Waals surface area contributed by atoms with Crippen molar-refractivity contribution in [3.8, 4) is 0 Å². The summed E-state index contributed by atoms with van der Waals surface area (Å²) in [5, 5.41) is 0. The fourth-order valence-electron chi connectivity index (χ4n) is 1.22. The fourth-order valence-corrected chi connectivity index (χ4v) is 1.22. The van der Waals surface area contributed by atoms with E-state index >= 15 is 0 Å². The van der Waals surface area contributed by atoms with Gasteiger partial charge in [0.25, 0.3) is 0 Å². The summed E-state index contributed by atoms with van der Waals surface area (Å²) in [6.07, 6.45) is 6.18. The van der Waals surface area contributed by atoms with E-state index in [0.717, 1.165) is 6.42 Å². The molecular weight excluding hydrogens is 170 g/mol. The SMILES string of the molecule is [C-]#[N+]C(/C=C/C=C)Cc1ccccc1. The first kappa shape index (κ1) is 10.3. The minimum absolute atomic E-state index is 0.0737. The molecule has 14 heavy (non-hydrogen) atoms. The number of rotatable bonds is 4. The van der Waals surface area contributed by atoms with E-state index in [2.05, 4.69) is 11.4 Å². The van der Waals surface area contributed by atoms with Gasteiger partial charge in [-0.1, -0.05) is 49.1 Å². The second-order valence-corrected chi connectivity index (χ2v) is 3.01. The highest BCUT2D eigenvalue weighted by Gasteiger charge is 2.07. The quantitative estimate of drug-likeness (QED) is 0.498. The Hall–Kier alpha value is -1.81. The Morgan fingerprint density at radius 2 is 2.07 bits per heavy atom. The molecule has 0 fully saturated rings. The zero-order valence-electron chi connectivity index (χ0n) is 8.06. The zero-order valence-corrected chi connectivity index (χ0v) is 8.06. The highest BCUT2D eigenvalue weighted by Crippen LogP contribution is 2.06. The normalized spacial score (nSPS) is 12.2. The van der Waals surface area contributed by atoms with Gasteiger partial charge in [0.05, 0.1) is 6.42 Å². The van der Waals surface area contributed by atoms with Crippen LogP contribution in [0.4, 0.5) is 0 Å². The van der Waals surface area contributed by atoms with E-state index in [9.17, 15) is 0 Å². The van der Waals surface area contributed by atoms with Crippen molar-refractivity contribution in [2.45, 2.75) is 12.5 Å². The van der Waals surface area contributed by atoms with Gasteiger partial charge >= 0.3 is 0 Å². The maximum absolute atomic E-state index is 7.03. The van der Waals surface area contributed by atoms with Crippen LogP contribution in [0.15, 0.2) is 55.1 Å². The van der Waals surface area contributed by atoms with E-state index in [4.69, 9.17) is 6.57 Å². The van der Waals surface area contributed by atoms with Crippen LogP contribution in [0.1, 0.15) is 5.56 Å². The highest BCUT2D eigenvalue weighted by molar-refractivity contribution is 5.19. The molecule has 0 aromatic heterocycles. The van der Waals surface area contributed by atoms with Gasteiger partial charge in [0.15, 0.2) is 0 Å². The molecule has 1 nitrogen and oxygen atoms in total. The molecule has 70 valence electrons. The molecule has 0 aliphatic heterocycles. The van der Waals surface area contributed by atoms with Crippen LogP contribution in [0.25, 0.3) is 4.85 Å². The minimum atomic E-state index is -0.0737. The van der Waals surface area contributed by atoms with E-state index in [1.54, 1.807) is 6.08 Å². The molecule has 1 unspecified atom stereocenters. The van der Waals surface area contributed by atoms with Gasteiger partial charge < -0.3 is 4.85 Å². The Balaban J connectivity index is 2.63. The van der Waals surface area contributed by atoms with Crippen molar-refractivity contribution >= 4 is 0 Å². The van der Waals surface area contributed by atoms with Crippen LogP contribution in [-0.2, 0) is 6.42 Å². The zero-order chi connectivity index (χ0) is 10.2. The molecule has 1 rings (SSSR count). The van der Waals surface area contributed by atoms with Crippen LogP contribution in [0.5, 0.6) is 0 Å². The van der Waals surface area contributed by atoms with Crippen LogP contribution < -0.4 is 0 Å². The average Bonchev–Trinajstić information content (AvgIpc) is 2.25. The van der Waals surface area contributed by atoms with E-state index in [0.29, 0.717) is 0 Å². The molecule has 0 saturated carbocycles. The second kappa shape index (κ2) is 5.77. The lowest BCUT2D eigenvalue weighted by Gasteiger charge is -1.99. The summed E-state index contributed by atoms with van der Waals surface area (Å²) in [7, 11) is 0. The summed E-state index contributed by atoms with van der Waals surface area (Å²) >= 11 is 0. The van der Waals surface area contributed by atoms with Crippen LogP contribution in [-0.4, -0.2) is 6.04 Å². The molecular formula is C13H13N. The summed E-state index contributed by atoms with van der Waals surface area (Å²) in [6, 6.07) is 9.98. The number of benzene rings is 1. The number of hydrogen-bond donors (Lipinski definition) is 0. The van der Waals surface area contributed by atoms with E-state index < -0.39 is 0 Å².